The highest BCUT2D eigenvalue weighted by Gasteiger charge is 2.60. The van der Waals surface area contributed by atoms with Crippen LogP contribution < -0.4 is 10.2 Å². The summed E-state index contributed by atoms with van der Waals surface area (Å²) in [5, 5.41) is 2.64. The zero-order valence-electron chi connectivity index (χ0n) is 17.8. The van der Waals surface area contributed by atoms with E-state index >= 15 is 0 Å². The van der Waals surface area contributed by atoms with Crippen LogP contribution in [0.25, 0.3) is 0 Å². The number of fused-ring (bicyclic) bond motifs is 5. The number of hydrogen-bond donors (Lipinski definition) is 1. The van der Waals surface area contributed by atoms with Crippen molar-refractivity contribution in [3.05, 3.63) is 70.2 Å². The molecule has 5 rings (SSSR count). The first-order chi connectivity index (χ1) is 15.8. The van der Waals surface area contributed by atoms with Crippen LogP contribution in [0.1, 0.15) is 23.7 Å². The Morgan fingerprint density at radius 2 is 1.82 bits per heavy atom. The van der Waals surface area contributed by atoms with Gasteiger partial charge in [0.25, 0.3) is 5.91 Å². The van der Waals surface area contributed by atoms with Crippen LogP contribution in [-0.2, 0) is 19.1 Å². The summed E-state index contributed by atoms with van der Waals surface area (Å²) in [5.41, 5.74) is 2.28. The van der Waals surface area contributed by atoms with Gasteiger partial charge in [0, 0.05) is 10.2 Å². The number of anilines is 2. The lowest BCUT2D eigenvalue weighted by Gasteiger charge is -2.19. The second kappa shape index (κ2) is 8.26. The van der Waals surface area contributed by atoms with Gasteiger partial charge in [-0.3, -0.25) is 14.4 Å². The summed E-state index contributed by atoms with van der Waals surface area (Å²) in [5.74, 6) is -1.99. The summed E-state index contributed by atoms with van der Waals surface area (Å²) in [4.78, 5) is 52.0. The van der Waals surface area contributed by atoms with Crippen molar-refractivity contribution >= 4 is 51.0 Å². The second-order valence-corrected chi connectivity index (χ2v) is 9.58. The summed E-state index contributed by atoms with van der Waals surface area (Å²) >= 11 is 3.32. The summed E-state index contributed by atoms with van der Waals surface area (Å²) < 4.78 is 6.01. The molecule has 4 atom stereocenters. The summed E-state index contributed by atoms with van der Waals surface area (Å²) in [6.07, 6.45) is 2.98. The molecule has 0 unspecified atom stereocenters. The fraction of sp³-hybridized carbons (Fsp3) is 0.280. The molecule has 0 radical (unpaired) electrons. The minimum absolute atomic E-state index is 0.110. The molecule has 33 heavy (non-hydrogen) atoms. The lowest BCUT2D eigenvalue weighted by Crippen LogP contribution is -2.33. The first-order valence-corrected chi connectivity index (χ1v) is 11.5. The first-order valence-electron chi connectivity index (χ1n) is 10.7. The van der Waals surface area contributed by atoms with Gasteiger partial charge in [-0.05, 0) is 67.6 Å². The number of nitrogens with one attached hydrogen (secondary N) is 1. The van der Waals surface area contributed by atoms with E-state index in [0.29, 0.717) is 11.4 Å². The molecular weight excluding hydrogens is 488 g/mol. The third kappa shape index (κ3) is 3.78. The Morgan fingerprint density at radius 3 is 2.58 bits per heavy atom. The largest absolute Gasteiger partial charge is 0.452 e. The van der Waals surface area contributed by atoms with Gasteiger partial charge in [-0.1, -0.05) is 33.6 Å². The molecule has 8 heteroatoms. The van der Waals surface area contributed by atoms with Gasteiger partial charge in [0.15, 0.2) is 6.61 Å². The first kappa shape index (κ1) is 21.6. The van der Waals surface area contributed by atoms with Crippen molar-refractivity contribution in [2.24, 2.45) is 23.7 Å². The van der Waals surface area contributed by atoms with E-state index in [4.69, 9.17) is 4.74 Å². The standard InChI is InChI=1S/C25H21BrN2O5/c1-13-9-15-11-19(13)22-21(15)23(30)28(24(22)31)18-4-2-3-14(10-18)25(32)33-12-20(29)27-17-7-5-16(26)6-8-17/h2-10,15,19,21-22H,11-12H2,1H3,(H,27,29)/t15-,19+,21+,22-/m0/s1. The van der Waals surface area contributed by atoms with Gasteiger partial charge in [0.2, 0.25) is 11.8 Å². The van der Waals surface area contributed by atoms with Crippen molar-refractivity contribution in [3.8, 4) is 0 Å². The Morgan fingerprint density at radius 1 is 1.09 bits per heavy atom. The maximum atomic E-state index is 13.1. The number of carbonyl (C=O) groups is 4. The maximum absolute atomic E-state index is 13.1. The summed E-state index contributed by atoms with van der Waals surface area (Å²) in [6, 6.07) is 13.2. The number of benzene rings is 2. The lowest BCUT2D eigenvalue weighted by molar-refractivity contribution is -0.123. The van der Waals surface area contributed by atoms with Crippen LogP contribution in [0, 0.1) is 23.7 Å². The van der Waals surface area contributed by atoms with Crippen molar-refractivity contribution in [1.82, 2.24) is 0 Å². The number of ether oxygens (including phenoxy) is 1. The highest BCUT2D eigenvalue weighted by atomic mass is 79.9. The van der Waals surface area contributed by atoms with Crippen molar-refractivity contribution in [1.29, 1.82) is 0 Å². The predicted octanol–water partition coefficient (Wildman–Crippen LogP) is 3.95. The third-order valence-corrected chi connectivity index (χ3v) is 7.21. The van der Waals surface area contributed by atoms with Crippen LogP contribution in [0.3, 0.4) is 0 Å². The molecule has 1 aliphatic heterocycles. The number of halogens is 1. The molecule has 168 valence electrons. The van der Waals surface area contributed by atoms with E-state index in [0.717, 1.165) is 10.9 Å². The Balaban J connectivity index is 1.25. The highest BCUT2D eigenvalue weighted by Crippen LogP contribution is 2.55. The zero-order chi connectivity index (χ0) is 23.3. The number of imide groups is 1. The molecule has 2 aliphatic carbocycles. The van der Waals surface area contributed by atoms with Crippen molar-refractivity contribution in [2.75, 3.05) is 16.8 Å². The lowest BCUT2D eigenvalue weighted by atomic mass is 9.82. The van der Waals surface area contributed by atoms with Gasteiger partial charge in [-0.25, -0.2) is 9.69 Å². The molecule has 3 aliphatic rings. The number of esters is 1. The third-order valence-electron chi connectivity index (χ3n) is 6.68. The number of allylic oxidation sites excluding steroid dienone is 2. The molecular formula is C25H21BrN2O5. The number of nitrogens with zero attached hydrogens (tertiary/aromatic N) is 1. The number of hydrogen-bond acceptors (Lipinski definition) is 5. The van der Waals surface area contributed by atoms with Gasteiger partial charge in [0.05, 0.1) is 23.1 Å². The van der Waals surface area contributed by atoms with Gasteiger partial charge in [-0.2, -0.15) is 0 Å². The van der Waals surface area contributed by atoms with E-state index in [-0.39, 0.29) is 41.0 Å². The average molecular weight is 509 g/mol. The van der Waals surface area contributed by atoms with Gasteiger partial charge >= 0.3 is 5.97 Å². The SMILES string of the molecule is CC1=C[C@H]2C[C@H]1[C@@H]1C(=O)N(c3cccc(C(=O)OCC(=O)Nc4ccc(Br)cc4)c3)C(=O)[C@@H]12. The Labute approximate surface area is 198 Å². The molecule has 2 bridgehead atoms. The van der Waals surface area contributed by atoms with Crippen LogP contribution in [0.5, 0.6) is 0 Å². The van der Waals surface area contributed by atoms with E-state index < -0.39 is 18.5 Å². The van der Waals surface area contributed by atoms with Gasteiger partial charge < -0.3 is 10.1 Å². The van der Waals surface area contributed by atoms with Crippen LogP contribution in [0.2, 0.25) is 0 Å². The molecule has 1 N–H and O–H groups in total. The molecule has 3 amide bonds. The summed E-state index contributed by atoms with van der Waals surface area (Å²) in [7, 11) is 0. The van der Waals surface area contributed by atoms with Crippen LogP contribution in [-0.4, -0.2) is 30.3 Å². The van der Waals surface area contributed by atoms with Crippen LogP contribution >= 0.6 is 15.9 Å². The van der Waals surface area contributed by atoms with Crippen molar-refractivity contribution in [2.45, 2.75) is 13.3 Å². The molecule has 1 saturated heterocycles. The summed E-state index contributed by atoms with van der Waals surface area (Å²) in [6.45, 7) is 1.56. The van der Waals surface area contributed by atoms with E-state index in [1.165, 1.54) is 22.6 Å². The zero-order valence-corrected chi connectivity index (χ0v) is 19.4. The number of rotatable bonds is 5. The molecule has 2 aromatic carbocycles. The minimum Gasteiger partial charge on any atom is -0.452 e. The van der Waals surface area contributed by atoms with E-state index in [1.54, 1.807) is 36.4 Å². The average Bonchev–Trinajstić information content (AvgIpc) is 3.44. The Kier molecular flexibility index (Phi) is 5.40. The topological polar surface area (TPSA) is 92.8 Å². The van der Waals surface area contributed by atoms with Crippen LogP contribution in [0.15, 0.2) is 64.7 Å². The minimum atomic E-state index is -0.709. The highest BCUT2D eigenvalue weighted by molar-refractivity contribution is 9.10. The predicted molar refractivity (Wildman–Crippen MR) is 124 cm³/mol. The van der Waals surface area contributed by atoms with Gasteiger partial charge in [-0.15, -0.1) is 0 Å². The van der Waals surface area contributed by atoms with Crippen molar-refractivity contribution in [3.63, 3.8) is 0 Å². The normalized spacial score (nSPS) is 25.2. The van der Waals surface area contributed by atoms with E-state index in [2.05, 4.69) is 27.3 Å². The Hall–Kier alpha value is -3.26. The smallest absolute Gasteiger partial charge is 0.338 e. The van der Waals surface area contributed by atoms with Gasteiger partial charge in [0.1, 0.15) is 0 Å². The maximum Gasteiger partial charge on any atom is 0.338 e. The van der Waals surface area contributed by atoms with Crippen molar-refractivity contribution < 1.29 is 23.9 Å². The molecule has 7 nitrogen and oxygen atoms in total. The molecule has 1 heterocycles. The van der Waals surface area contributed by atoms with Crippen LogP contribution in [0.4, 0.5) is 11.4 Å². The number of amides is 3. The van der Waals surface area contributed by atoms with E-state index in [9.17, 15) is 19.2 Å². The molecule has 0 spiro atoms. The van der Waals surface area contributed by atoms with E-state index in [1.807, 2.05) is 6.92 Å². The molecule has 2 fully saturated rings. The fourth-order valence-electron chi connectivity index (χ4n) is 5.25. The fourth-order valence-corrected chi connectivity index (χ4v) is 5.51. The quantitative estimate of drug-likeness (QED) is 0.375. The molecule has 0 aromatic heterocycles. The monoisotopic (exact) mass is 508 g/mol. The molecule has 2 aromatic rings. The Bertz CT molecular complexity index is 1210. The second-order valence-electron chi connectivity index (χ2n) is 8.66. The molecule has 1 saturated carbocycles. The number of carbonyl (C=O) groups excluding carboxylic acids is 4.